The van der Waals surface area contributed by atoms with E-state index in [1.54, 1.807) is 18.3 Å². The van der Waals surface area contributed by atoms with Crippen LogP contribution in [-0.2, 0) is 10.0 Å². The SMILES string of the molecule is O=C(Nc1cccnc1N1CCCC1)c1ccc(Cl)c(NS(=O)(=O)c2ccc(F)cc2)c1. The van der Waals surface area contributed by atoms with Gasteiger partial charge in [0.2, 0.25) is 0 Å². The molecule has 1 fully saturated rings. The number of nitrogens with one attached hydrogen (secondary N) is 2. The van der Waals surface area contributed by atoms with Crippen molar-refractivity contribution in [3.05, 3.63) is 77.2 Å². The lowest BCUT2D eigenvalue weighted by molar-refractivity contribution is 0.102. The second-order valence-electron chi connectivity index (χ2n) is 7.28. The number of amides is 1. The Morgan fingerprint density at radius 3 is 2.47 bits per heavy atom. The minimum absolute atomic E-state index is 0.0367. The summed E-state index contributed by atoms with van der Waals surface area (Å²) in [5.74, 6) is -0.286. The Morgan fingerprint density at radius 2 is 1.75 bits per heavy atom. The van der Waals surface area contributed by atoms with Crippen LogP contribution >= 0.6 is 11.6 Å². The molecule has 0 radical (unpaired) electrons. The third-order valence-electron chi connectivity index (χ3n) is 5.04. The van der Waals surface area contributed by atoms with Crippen molar-refractivity contribution in [1.82, 2.24) is 4.98 Å². The molecule has 166 valence electrons. The van der Waals surface area contributed by atoms with Gasteiger partial charge in [0.25, 0.3) is 15.9 Å². The maximum atomic E-state index is 13.1. The molecule has 0 atom stereocenters. The van der Waals surface area contributed by atoms with Crippen molar-refractivity contribution < 1.29 is 17.6 Å². The Balaban J connectivity index is 1.56. The number of rotatable bonds is 6. The van der Waals surface area contributed by atoms with Crippen LogP contribution in [0.1, 0.15) is 23.2 Å². The van der Waals surface area contributed by atoms with Crippen LogP contribution in [0.2, 0.25) is 5.02 Å². The number of halogens is 2. The number of nitrogens with zero attached hydrogens (tertiary/aromatic N) is 2. The Bertz CT molecular complexity index is 1250. The molecule has 0 saturated carbocycles. The quantitative estimate of drug-likeness (QED) is 0.547. The maximum absolute atomic E-state index is 13.1. The summed E-state index contributed by atoms with van der Waals surface area (Å²) in [5.41, 5.74) is 0.819. The molecule has 1 saturated heterocycles. The van der Waals surface area contributed by atoms with Gasteiger partial charge in [0, 0.05) is 24.8 Å². The Hall–Kier alpha value is -3.17. The molecule has 1 aliphatic heterocycles. The first-order valence-corrected chi connectivity index (χ1v) is 11.8. The van der Waals surface area contributed by atoms with Gasteiger partial charge in [-0.05, 0) is 67.4 Å². The highest BCUT2D eigenvalue weighted by molar-refractivity contribution is 7.92. The molecule has 0 unspecified atom stereocenters. The van der Waals surface area contributed by atoms with E-state index in [1.807, 2.05) is 0 Å². The average Bonchev–Trinajstić information content (AvgIpc) is 3.30. The third-order valence-corrected chi connectivity index (χ3v) is 6.75. The third kappa shape index (κ3) is 4.84. The van der Waals surface area contributed by atoms with Gasteiger partial charge in [-0.25, -0.2) is 17.8 Å². The number of anilines is 3. The molecule has 3 aromatic rings. The highest BCUT2D eigenvalue weighted by Gasteiger charge is 2.20. The van der Waals surface area contributed by atoms with Crippen molar-refractivity contribution in [3.63, 3.8) is 0 Å². The summed E-state index contributed by atoms with van der Waals surface area (Å²) in [6.07, 6.45) is 3.81. The number of pyridine rings is 1. The molecule has 7 nitrogen and oxygen atoms in total. The normalized spacial score (nSPS) is 13.8. The van der Waals surface area contributed by atoms with Gasteiger partial charge in [0.1, 0.15) is 5.82 Å². The zero-order chi connectivity index (χ0) is 22.7. The second kappa shape index (κ2) is 9.13. The lowest BCUT2D eigenvalue weighted by Gasteiger charge is -2.20. The van der Waals surface area contributed by atoms with Crippen LogP contribution in [0.5, 0.6) is 0 Å². The van der Waals surface area contributed by atoms with Crippen molar-refractivity contribution in [2.75, 3.05) is 28.0 Å². The van der Waals surface area contributed by atoms with Crippen LogP contribution in [0, 0.1) is 5.82 Å². The predicted octanol–water partition coefficient (Wildman–Crippen LogP) is 4.53. The molecule has 4 rings (SSSR count). The Kier molecular flexibility index (Phi) is 6.29. The Morgan fingerprint density at radius 1 is 1.03 bits per heavy atom. The van der Waals surface area contributed by atoms with Crippen molar-refractivity contribution >= 4 is 44.7 Å². The van der Waals surface area contributed by atoms with E-state index in [-0.39, 0.29) is 21.2 Å². The molecule has 2 heterocycles. The molecular formula is C22H20ClFN4O3S. The Labute approximate surface area is 190 Å². The van der Waals surface area contributed by atoms with Gasteiger partial charge in [-0.1, -0.05) is 11.6 Å². The fraction of sp³-hybridized carbons (Fsp3) is 0.182. The molecule has 32 heavy (non-hydrogen) atoms. The molecule has 1 aliphatic rings. The van der Waals surface area contributed by atoms with Gasteiger partial charge in [-0.15, -0.1) is 0 Å². The number of sulfonamides is 1. The van der Waals surface area contributed by atoms with E-state index in [9.17, 15) is 17.6 Å². The van der Waals surface area contributed by atoms with Gasteiger partial charge in [-0.2, -0.15) is 0 Å². The number of hydrogen-bond acceptors (Lipinski definition) is 5. The van der Waals surface area contributed by atoms with Crippen LogP contribution in [0.15, 0.2) is 65.7 Å². The van der Waals surface area contributed by atoms with E-state index in [0.717, 1.165) is 50.2 Å². The summed E-state index contributed by atoms with van der Waals surface area (Å²) >= 11 is 6.16. The van der Waals surface area contributed by atoms with E-state index in [2.05, 4.69) is 19.9 Å². The predicted molar refractivity (Wildman–Crippen MR) is 122 cm³/mol. The number of carbonyl (C=O) groups excluding carboxylic acids is 1. The summed E-state index contributed by atoms with van der Waals surface area (Å²) in [6, 6.07) is 12.2. The largest absolute Gasteiger partial charge is 0.355 e. The number of benzene rings is 2. The molecule has 0 spiro atoms. The van der Waals surface area contributed by atoms with Gasteiger partial charge in [-0.3, -0.25) is 9.52 Å². The van der Waals surface area contributed by atoms with Crippen LogP contribution in [-0.4, -0.2) is 32.4 Å². The highest BCUT2D eigenvalue weighted by Crippen LogP contribution is 2.29. The number of carbonyl (C=O) groups is 1. The minimum Gasteiger partial charge on any atom is -0.355 e. The maximum Gasteiger partial charge on any atom is 0.261 e. The van der Waals surface area contributed by atoms with Crippen LogP contribution in [0.3, 0.4) is 0 Å². The number of aromatic nitrogens is 1. The first-order chi connectivity index (χ1) is 15.3. The molecule has 0 aliphatic carbocycles. The molecule has 1 aromatic heterocycles. The first-order valence-electron chi connectivity index (χ1n) is 9.93. The fourth-order valence-corrected chi connectivity index (χ4v) is 4.72. The van der Waals surface area contributed by atoms with Crippen molar-refractivity contribution in [1.29, 1.82) is 0 Å². The summed E-state index contributed by atoms with van der Waals surface area (Å²) in [6.45, 7) is 1.74. The summed E-state index contributed by atoms with van der Waals surface area (Å²) in [4.78, 5) is 19.3. The average molecular weight is 475 g/mol. The second-order valence-corrected chi connectivity index (χ2v) is 9.37. The zero-order valence-corrected chi connectivity index (χ0v) is 18.5. The summed E-state index contributed by atoms with van der Waals surface area (Å²) in [7, 11) is -4.02. The van der Waals surface area contributed by atoms with Crippen molar-refractivity contribution in [3.8, 4) is 0 Å². The number of hydrogen-bond donors (Lipinski definition) is 2. The van der Waals surface area contributed by atoms with E-state index >= 15 is 0 Å². The fourth-order valence-electron chi connectivity index (χ4n) is 3.43. The van der Waals surface area contributed by atoms with Gasteiger partial charge in [0.15, 0.2) is 5.82 Å². The van der Waals surface area contributed by atoms with Crippen LogP contribution in [0.25, 0.3) is 0 Å². The molecular weight excluding hydrogens is 455 g/mol. The van der Waals surface area contributed by atoms with E-state index < -0.39 is 21.7 Å². The zero-order valence-electron chi connectivity index (χ0n) is 16.9. The smallest absolute Gasteiger partial charge is 0.261 e. The highest BCUT2D eigenvalue weighted by atomic mass is 35.5. The van der Waals surface area contributed by atoms with Crippen LogP contribution < -0.4 is 14.9 Å². The van der Waals surface area contributed by atoms with Gasteiger partial charge in [0.05, 0.1) is 21.3 Å². The topological polar surface area (TPSA) is 91.4 Å². The van der Waals surface area contributed by atoms with Crippen LogP contribution in [0.4, 0.5) is 21.6 Å². The summed E-state index contributed by atoms with van der Waals surface area (Å²) in [5, 5.41) is 2.96. The minimum atomic E-state index is -4.02. The van der Waals surface area contributed by atoms with Crippen molar-refractivity contribution in [2.45, 2.75) is 17.7 Å². The van der Waals surface area contributed by atoms with Gasteiger partial charge < -0.3 is 10.2 Å². The molecule has 10 heteroatoms. The van der Waals surface area contributed by atoms with E-state index in [1.165, 1.54) is 18.2 Å². The molecule has 2 N–H and O–H groups in total. The summed E-state index contributed by atoms with van der Waals surface area (Å²) < 4.78 is 40.7. The van der Waals surface area contributed by atoms with Gasteiger partial charge >= 0.3 is 0 Å². The molecule has 1 amide bonds. The lowest BCUT2D eigenvalue weighted by atomic mass is 10.2. The standard InChI is InChI=1S/C22H20ClFN4O3S/c23-18-10-5-15(14-20(18)27-32(30,31)17-8-6-16(24)7-9-17)22(29)26-19-4-3-11-25-21(19)28-12-1-2-13-28/h3-11,14,27H,1-2,12-13H2,(H,26,29). The van der Waals surface area contributed by atoms with E-state index in [0.29, 0.717) is 11.5 Å². The lowest BCUT2D eigenvalue weighted by Crippen LogP contribution is -2.22. The monoisotopic (exact) mass is 474 g/mol. The molecule has 0 bridgehead atoms. The first kappa shape index (κ1) is 22.0. The van der Waals surface area contributed by atoms with Crippen molar-refractivity contribution in [2.24, 2.45) is 0 Å². The molecule has 2 aromatic carbocycles. The van der Waals surface area contributed by atoms with E-state index in [4.69, 9.17) is 11.6 Å².